The highest BCUT2D eigenvalue weighted by atomic mass is 79.9. The van der Waals surface area contributed by atoms with E-state index in [2.05, 4.69) is 31.1 Å². The minimum atomic E-state index is 0.387. The second-order valence-corrected chi connectivity index (χ2v) is 4.18. The molecule has 3 aromatic rings. The topological polar surface area (TPSA) is 56.2 Å². The van der Waals surface area contributed by atoms with Gasteiger partial charge in [0.25, 0.3) is 0 Å². The summed E-state index contributed by atoms with van der Waals surface area (Å²) in [5, 5.41) is 8.45. The van der Waals surface area contributed by atoms with Crippen LogP contribution in [0.5, 0.6) is 0 Å². The molecule has 0 saturated carbocycles. The predicted molar refractivity (Wildman–Crippen MR) is 61.2 cm³/mol. The van der Waals surface area contributed by atoms with Gasteiger partial charge in [-0.05, 0) is 22.0 Å². The second-order valence-electron chi connectivity index (χ2n) is 3.07. The highest BCUT2D eigenvalue weighted by Crippen LogP contribution is 2.28. The molecule has 0 aromatic carbocycles. The number of furan rings is 1. The largest absolute Gasteiger partial charge is 0.457 e. The first-order valence-electron chi connectivity index (χ1n) is 4.35. The first-order valence-corrected chi connectivity index (χ1v) is 5.52. The Balaban J connectivity index is 2.30. The minimum Gasteiger partial charge on any atom is -0.457 e. The molecule has 0 atom stereocenters. The fraction of sp³-hybridized carbons (Fsp3) is 0. The van der Waals surface area contributed by atoms with Crippen LogP contribution in [0.4, 0.5) is 0 Å². The Labute approximate surface area is 103 Å². The summed E-state index contributed by atoms with van der Waals surface area (Å²) >= 11 is 9.06. The number of fused-ring (bicyclic) bond motifs is 1. The summed E-state index contributed by atoms with van der Waals surface area (Å²) in [5.41, 5.74) is 1.46. The minimum absolute atomic E-state index is 0.387. The van der Waals surface area contributed by atoms with Crippen molar-refractivity contribution in [3.05, 3.63) is 34.5 Å². The van der Waals surface area contributed by atoms with E-state index >= 15 is 0 Å². The molecule has 3 aromatic heterocycles. The molecule has 0 radical (unpaired) electrons. The van der Waals surface area contributed by atoms with Crippen molar-refractivity contribution in [3.63, 3.8) is 0 Å². The maximum absolute atomic E-state index is 5.76. The van der Waals surface area contributed by atoms with E-state index in [1.807, 2.05) is 0 Å². The molecular weight excluding hydrogens is 295 g/mol. The van der Waals surface area contributed by atoms with Crippen LogP contribution in [0.15, 0.2) is 33.8 Å². The molecule has 0 aliphatic heterocycles. The van der Waals surface area contributed by atoms with Gasteiger partial charge in [0.2, 0.25) is 0 Å². The highest BCUT2D eigenvalue weighted by molar-refractivity contribution is 9.10. The summed E-state index contributed by atoms with van der Waals surface area (Å²) in [7, 11) is 0. The molecule has 0 N–H and O–H groups in total. The Bertz CT molecular complexity index is 662. The summed E-state index contributed by atoms with van der Waals surface area (Å²) in [6.07, 6.45) is 3.15. The normalized spacial score (nSPS) is 11.1. The van der Waals surface area contributed by atoms with Gasteiger partial charge in [-0.3, -0.25) is 4.40 Å². The van der Waals surface area contributed by atoms with Crippen molar-refractivity contribution >= 4 is 33.2 Å². The fourth-order valence-electron chi connectivity index (χ4n) is 1.41. The predicted octanol–water partition coefficient (Wildman–Crippen LogP) is 2.80. The molecule has 0 fully saturated rings. The molecule has 0 spiro atoms. The molecule has 0 bridgehead atoms. The zero-order chi connectivity index (χ0) is 11.1. The average Bonchev–Trinajstić information content (AvgIpc) is 2.83. The smallest absolute Gasteiger partial charge is 0.179 e. The summed E-state index contributed by atoms with van der Waals surface area (Å²) in [5.74, 6) is 0.653. The van der Waals surface area contributed by atoms with Crippen molar-refractivity contribution in [3.8, 4) is 11.4 Å². The van der Waals surface area contributed by atoms with Crippen LogP contribution in [-0.4, -0.2) is 19.6 Å². The Morgan fingerprint density at radius 2 is 2.25 bits per heavy atom. The van der Waals surface area contributed by atoms with E-state index in [1.165, 1.54) is 0 Å². The van der Waals surface area contributed by atoms with Gasteiger partial charge >= 0.3 is 0 Å². The number of hydrogen-bond acceptors (Lipinski definition) is 4. The van der Waals surface area contributed by atoms with Crippen LogP contribution in [0.2, 0.25) is 5.15 Å². The zero-order valence-electron chi connectivity index (χ0n) is 7.76. The van der Waals surface area contributed by atoms with Crippen LogP contribution in [0, 0.1) is 0 Å². The summed E-state index contributed by atoms with van der Waals surface area (Å²) in [6, 6.07) is 3.45. The molecule has 0 saturated heterocycles. The number of hydrogen-bond donors (Lipinski definition) is 0. The van der Waals surface area contributed by atoms with Crippen LogP contribution in [0.1, 0.15) is 0 Å². The van der Waals surface area contributed by atoms with E-state index < -0.39 is 0 Å². The first-order chi connectivity index (χ1) is 7.75. The van der Waals surface area contributed by atoms with E-state index in [1.54, 1.807) is 29.1 Å². The summed E-state index contributed by atoms with van der Waals surface area (Å²) in [6.45, 7) is 0. The molecule has 5 nitrogen and oxygen atoms in total. The van der Waals surface area contributed by atoms with Gasteiger partial charge in [0.15, 0.2) is 16.1 Å². The Kier molecular flexibility index (Phi) is 2.19. The van der Waals surface area contributed by atoms with Gasteiger partial charge in [-0.25, -0.2) is 4.98 Å². The van der Waals surface area contributed by atoms with Crippen LogP contribution >= 0.6 is 27.5 Å². The van der Waals surface area contributed by atoms with Gasteiger partial charge in [-0.1, -0.05) is 11.6 Å². The van der Waals surface area contributed by atoms with Crippen LogP contribution < -0.4 is 0 Å². The first kappa shape index (κ1) is 9.80. The highest BCUT2D eigenvalue weighted by Gasteiger charge is 2.13. The van der Waals surface area contributed by atoms with Gasteiger partial charge < -0.3 is 4.42 Å². The quantitative estimate of drug-likeness (QED) is 0.648. The number of halogens is 2. The maximum Gasteiger partial charge on any atom is 0.179 e. The van der Waals surface area contributed by atoms with Gasteiger partial charge in [0, 0.05) is 6.07 Å². The van der Waals surface area contributed by atoms with E-state index in [9.17, 15) is 0 Å². The third-order valence-electron chi connectivity index (χ3n) is 2.13. The molecule has 80 valence electrons. The van der Waals surface area contributed by atoms with Crippen LogP contribution in [0.3, 0.4) is 0 Å². The van der Waals surface area contributed by atoms with Crippen LogP contribution in [0.25, 0.3) is 17.0 Å². The van der Waals surface area contributed by atoms with E-state index in [0.717, 1.165) is 5.56 Å². The number of rotatable bonds is 1. The maximum atomic E-state index is 5.76. The Hall–Kier alpha value is -1.40. The summed E-state index contributed by atoms with van der Waals surface area (Å²) < 4.78 is 7.50. The van der Waals surface area contributed by atoms with Crippen LogP contribution in [-0.2, 0) is 0 Å². The molecule has 3 rings (SSSR count). The second kappa shape index (κ2) is 3.57. The molecule has 0 aliphatic carbocycles. The van der Waals surface area contributed by atoms with E-state index in [4.69, 9.17) is 16.0 Å². The Morgan fingerprint density at radius 1 is 1.38 bits per heavy atom. The Morgan fingerprint density at radius 3 is 3.00 bits per heavy atom. The molecule has 16 heavy (non-hydrogen) atoms. The SMILES string of the molecule is Clc1cc2nnc(-c3ccoc3Br)n2cn1. The van der Waals surface area contributed by atoms with Gasteiger partial charge in [-0.2, -0.15) is 0 Å². The lowest BCUT2D eigenvalue weighted by atomic mass is 10.3. The van der Waals surface area contributed by atoms with Gasteiger partial charge in [-0.15, -0.1) is 10.2 Å². The molecule has 0 unspecified atom stereocenters. The molecular formula is C9H4BrClN4O. The van der Waals surface area contributed by atoms with Gasteiger partial charge in [0.1, 0.15) is 11.5 Å². The van der Waals surface area contributed by atoms with Crippen molar-refractivity contribution in [1.82, 2.24) is 19.6 Å². The average molecular weight is 300 g/mol. The van der Waals surface area contributed by atoms with E-state index in [-0.39, 0.29) is 0 Å². The zero-order valence-corrected chi connectivity index (χ0v) is 10.1. The molecule has 0 amide bonds. The van der Waals surface area contributed by atoms with E-state index in [0.29, 0.717) is 21.3 Å². The van der Waals surface area contributed by atoms with Gasteiger partial charge in [0.05, 0.1) is 11.8 Å². The van der Waals surface area contributed by atoms with Crippen molar-refractivity contribution < 1.29 is 4.42 Å². The number of aromatic nitrogens is 4. The lowest BCUT2D eigenvalue weighted by Crippen LogP contribution is -1.90. The third-order valence-corrected chi connectivity index (χ3v) is 2.95. The molecule has 0 aliphatic rings. The third kappa shape index (κ3) is 1.42. The molecule has 7 heteroatoms. The lowest BCUT2D eigenvalue weighted by Gasteiger charge is -1.96. The van der Waals surface area contributed by atoms with Crippen molar-refractivity contribution in [1.29, 1.82) is 0 Å². The van der Waals surface area contributed by atoms with Crippen molar-refractivity contribution in [2.24, 2.45) is 0 Å². The molecule has 3 heterocycles. The summed E-state index contributed by atoms with van der Waals surface area (Å²) in [4.78, 5) is 3.98. The van der Waals surface area contributed by atoms with Crippen molar-refractivity contribution in [2.75, 3.05) is 0 Å². The van der Waals surface area contributed by atoms with Crippen molar-refractivity contribution in [2.45, 2.75) is 0 Å². The monoisotopic (exact) mass is 298 g/mol. The standard InChI is InChI=1S/C9H4BrClN4O/c10-8-5(1-2-16-8)9-14-13-7-3-6(11)12-4-15(7)9/h1-4H. The fourth-order valence-corrected chi connectivity index (χ4v) is 1.97. The number of nitrogens with zero attached hydrogens (tertiary/aromatic N) is 4. The lowest BCUT2D eigenvalue weighted by molar-refractivity contribution is 0.542.